The number of hydrogen-bond donors (Lipinski definition) is 1. The molecule has 2 atom stereocenters. The summed E-state index contributed by atoms with van der Waals surface area (Å²) in [6, 6.07) is 7.60. The number of sulfone groups is 1. The molecule has 0 radical (unpaired) electrons. The van der Waals surface area contributed by atoms with E-state index in [-0.39, 0.29) is 11.8 Å². The van der Waals surface area contributed by atoms with Crippen LogP contribution in [0, 0.1) is 5.92 Å². The molecule has 118 valence electrons. The zero-order valence-electron chi connectivity index (χ0n) is 13.0. The third-order valence-corrected chi connectivity index (χ3v) is 6.29. The highest BCUT2D eigenvalue weighted by Gasteiger charge is 2.25. The van der Waals surface area contributed by atoms with Gasteiger partial charge in [0.05, 0.1) is 10.6 Å². The topological polar surface area (TPSA) is 63.4 Å². The summed E-state index contributed by atoms with van der Waals surface area (Å²) in [6.45, 7) is 5.96. The predicted octanol–water partition coefficient (Wildman–Crippen LogP) is 2.43. The first-order valence-electron chi connectivity index (χ1n) is 7.81. The van der Waals surface area contributed by atoms with Crippen molar-refractivity contribution in [2.24, 2.45) is 11.7 Å². The van der Waals surface area contributed by atoms with Crippen LogP contribution in [0.5, 0.6) is 0 Å². The fraction of sp³-hybridized carbons (Fsp3) is 0.625. The third-order valence-electron chi connectivity index (χ3n) is 4.35. The Hall–Kier alpha value is -1.07. The highest BCUT2D eigenvalue weighted by Crippen LogP contribution is 2.25. The number of anilines is 1. The first kappa shape index (κ1) is 16.3. The molecular weight excluding hydrogens is 284 g/mol. The summed E-state index contributed by atoms with van der Waals surface area (Å²) >= 11 is 0. The molecule has 0 aliphatic carbocycles. The van der Waals surface area contributed by atoms with Crippen molar-refractivity contribution in [3.05, 3.63) is 24.3 Å². The number of rotatable bonds is 5. The summed E-state index contributed by atoms with van der Waals surface area (Å²) in [5.41, 5.74) is 7.23. The van der Waals surface area contributed by atoms with Crippen molar-refractivity contribution in [3.8, 4) is 0 Å². The Bertz CT molecular complexity index is 554. The Morgan fingerprint density at radius 3 is 2.48 bits per heavy atom. The maximum Gasteiger partial charge on any atom is 0.178 e. The molecule has 0 spiro atoms. The van der Waals surface area contributed by atoms with E-state index >= 15 is 0 Å². The van der Waals surface area contributed by atoms with Crippen LogP contribution in [0.15, 0.2) is 29.2 Å². The molecule has 0 bridgehead atoms. The van der Waals surface area contributed by atoms with Crippen molar-refractivity contribution in [2.75, 3.05) is 23.7 Å². The molecule has 0 amide bonds. The number of piperidine rings is 1. The predicted molar refractivity (Wildman–Crippen MR) is 87.4 cm³/mol. The maximum absolute atomic E-state index is 12.0. The molecular formula is C16H26N2O2S. The molecule has 2 rings (SSSR count). The lowest BCUT2D eigenvalue weighted by molar-refractivity contribution is 0.348. The Kier molecular flexibility index (Phi) is 5.27. The number of nitrogens with two attached hydrogens (primary N) is 1. The minimum absolute atomic E-state index is 0.211. The monoisotopic (exact) mass is 310 g/mol. The van der Waals surface area contributed by atoms with Crippen molar-refractivity contribution < 1.29 is 8.42 Å². The van der Waals surface area contributed by atoms with Gasteiger partial charge in [0.15, 0.2) is 9.84 Å². The fourth-order valence-corrected chi connectivity index (χ4v) is 4.29. The van der Waals surface area contributed by atoms with Crippen molar-refractivity contribution in [1.82, 2.24) is 0 Å². The Balaban J connectivity index is 2.12. The molecule has 4 nitrogen and oxygen atoms in total. The number of benzene rings is 1. The van der Waals surface area contributed by atoms with Gasteiger partial charge in [-0.15, -0.1) is 0 Å². The van der Waals surface area contributed by atoms with Crippen LogP contribution in [0.4, 0.5) is 5.69 Å². The number of hydrogen-bond acceptors (Lipinski definition) is 4. The minimum atomic E-state index is -3.12. The first-order chi connectivity index (χ1) is 9.97. The van der Waals surface area contributed by atoms with Crippen LogP contribution in [-0.2, 0) is 9.84 Å². The molecule has 2 unspecified atom stereocenters. The third kappa shape index (κ3) is 3.77. The van der Waals surface area contributed by atoms with Gasteiger partial charge in [-0.1, -0.05) is 20.3 Å². The highest BCUT2D eigenvalue weighted by molar-refractivity contribution is 7.91. The van der Waals surface area contributed by atoms with Crippen LogP contribution >= 0.6 is 0 Å². The molecule has 1 aromatic carbocycles. The molecule has 2 N–H and O–H groups in total. The maximum atomic E-state index is 12.0. The van der Waals surface area contributed by atoms with E-state index < -0.39 is 9.84 Å². The SMILES string of the molecule is CCCS(=O)(=O)c1ccc(N2CCC(N)C(CC)C2)cc1. The summed E-state index contributed by atoms with van der Waals surface area (Å²) in [4.78, 5) is 2.74. The van der Waals surface area contributed by atoms with Gasteiger partial charge in [0, 0.05) is 24.8 Å². The summed E-state index contributed by atoms with van der Waals surface area (Å²) < 4.78 is 24.1. The lowest BCUT2D eigenvalue weighted by atomic mass is 9.90. The van der Waals surface area contributed by atoms with E-state index in [0.29, 0.717) is 17.2 Å². The molecule has 1 aromatic rings. The smallest absolute Gasteiger partial charge is 0.178 e. The average Bonchev–Trinajstić information content (AvgIpc) is 2.48. The van der Waals surface area contributed by atoms with Crippen LogP contribution in [-0.4, -0.2) is 33.3 Å². The zero-order valence-corrected chi connectivity index (χ0v) is 13.8. The van der Waals surface area contributed by atoms with Gasteiger partial charge in [0.1, 0.15) is 0 Å². The molecule has 1 saturated heterocycles. The van der Waals surface area contributed by atoms with Crippen LogP contribution in [0.2, 0.25) is 0 Å². The second-order valence-electron chi connectivity index (χ2n) is 5.88. The fourth-order valence-electron chi connectivity index (χ4n) is 2.97. The summed E-state index contributed by atoms with van der Waals surface area (Å²) in [5.74, 6) is 0.727. The lowest BCUT2D eigenvalue weighted by Gasteiger charge is -2.38. The van der Waals surface area contributed by atoms with E-state index in [9.17, 15) is 8.42 Å². The van der Waals surface area contributed by atoms with Crippen LogP contribution < -0.4 is 10.6 Å². The minimum Gasteiger partial charge on any atom is -0.371 e. The van der Waals surface area contributed by atoms with E-state index in [2.05, 4.69) is 11.8 Å². The molecule has 21 heavy (non-hydrogen) atoms. The normalized spacial score (nSPS) is 23.3. The van der Waals surface area contributed by atoms with Crippen molar-refractivity contribution in [1.29, 1.82) is 0 Å². The second-order valence-corrected chi connectivity index (χ2v) is 7.99. The second kappa shape index (κ2) is 6.79. The van der Waals surface area contributed by atoms with Gasteiger partial charge in [-0.2, -0.15) is 0 Å². The Morgan fingerprint density at radius 2 is 1.90 bits per heavy atom. The van der Waals surface area contributed by atoms with E-state index in [1.807, 2.05) is 19.1 Å². The van der Waals surface area contributed by atoms with Gasteiger partial charge in [0.25, 0.3) is 0 Å². The first-order valence-corrected chi connectivity index (χ1v) is 9.46. The number of nitrogens with zero attached hydrogens (tertiary/aromatic N) is 1. The van der Waals surface area contributed by atoms with Crippen LogP contribution in [0.3, 0.4) is 0 Å². The molecule has 1 fully saturated rings. The molecule has 1 aliphatic rings. The van der Waals surface area contributed by atoms with E-state index in [1.165, 1.54) is 0 Å². The summed E-state index contributed by atoms with van der Waals surface area (Å²) in [7, 11) is -3.12. The summed E-state index contributed by atoms with van der Waals surface area (Å²) in [5, 5.41) is 0. The molecule has 0 saturated carbocycles. The van der Waals surface area contributed by atoms with Crippen molar-refractivity contribution >= 4 is 15.5 Å². The summed E-state index contributed by atoms with van der Waals surface area (Å²) in [6.07, 6.45) is 2.72. The molecule has 1 heterocycles. The Morgan fingerprint density at radius 1 is 1.24 bits per heavy atom. The largest absolute Gasteiger partial charge is 0.371 e. The van der Waals surface area contributed by atoms with Gasteiger partial charge in [0.2, 0.25) is 0 Å². The van der Waals surface area contributed by atoms with Crippen LogP contribution in [0.1, 0.15) is 33.1 Å². The van der Waals surface area contributed by atoms with Gasteiger partial charge < -0.3 is 10.6 Å². The average molecular weight is 310 g/mol. The van der Waals surface area contributed by atoms with E-state index in [0.717, 1.165) is 31.6 Å². The standard InChI is InChI=1S/C16H26N2O2S/c1-3-11-21(19,20)15-7-5-14(6-8-15)18-10-9-16(17)13(4-2)12-18/h5-8,13,16H,3-4,9-12,17H2,1-2H3. The molecule has 5 heteroatoms. The van der Waals surface area contributed by atoms with E-state index in [4.69, 9.17) is 5.73 Å². The van der Waals surface area contributed by atoms with Crippen molar-refractivity contribution in [2.45, 2.75) is 44.0 Å². The molecule has 1 aliphatic heterocycles. The quantitative estimate of drug-likeness (QED) is 0.907. The van der Waals surface area contributed by atoms with Gasteiger partial charge >= 0.3 is 0 Å². The van der Waals surface area contributed by atoms with E-state index in [1.54, 1.807) is 12.1 Å². The lowest BCUT2D eigenvalue weighted by Crippen LogP contribution is -2.46. The Labute approximate surface area is 128 Å². The molecule has 0 aromatic heterocycles. The highest BCUT2D eigenvalue weighted by atomic mass is 32.2. The zero-order chi connectivity index (χ0) is 15.5. The van der Waals surface area contributed by atoms with Crippen LogP contribution in [0.25, 0.3) is 0 Å². The van der Waals surface area contributed by atoms with Gasteiger partial charge in [-0.3, -0.25) is 0 Å². The van der Waals surface area contributed by atoms with Gasteiger partial charge in [-0.05, 0) is 43.0 Å². The van der Waals surface area contributed by atoms with Crippen molar-refractivity contribution in [3.63, 3.8) is 0 Å². The van der Waals surface area contributed by atoms with Gasteiger partial charge in [-0.25, -0.2) is 8.42 Å².